The van der Waals surface area contributed by atoms with Crippen molar-refractivity contribution in [3.05, 3.63) is 34.9 Å². The molecular weight excluding hydrogens is 426 g/mol. The average Bonchev–Trinajstić information content (AvgIpc) is 3.34. The molecule has 1 amide bonds. The van der Waals surface area contributed by atoms with Crippen molar-refractivity contribution in [3.8, 4) is 0 Å². The monoisotopic (exact) mass is 455 g/mol. The third-order valence-electron chi connectivity index (χ3n) is 6.53. The quantitative estimate of drug-likeness (QED) is 0.587. The van der Waals surface area contributed by atoms with Crippen molar-refractivity contribution in [1.82, 2.24) is 4.90 Å². The standard InChI is InChI=1S/C22H30ClNO5S/c1-3-16(2)24(19-10-13-30(27,28)15-19)20(25)14-29-21(26)22(11-4-5-12-22)17-6-8-18(23)9-7-17/h6-9,16,19H,3-5,10-15H2,1-2H3/t16-,19-/m1/s1. The summed E-state index contributed by atoms with van der Waals surface area (Å²) in [5.41, 5.74) is 0.116. The summed E-state index contributed by atoms with van der Waals surface area (Å²) < 4.78 is 29.4. The lowest BCUT2D eigenvalue weighted by Gasteiger charge is -2.34. The molecule has 0 aromatic heterocycles. The predicted molar refractivity (Wildman–Crippen MR) is 116 cm³/mol. The van der Waals surface area contributed by atoms with E-state index < -0.39 is 15.3 Å². The summed E-state index contributed by atoms with van der Waals surface area (Å²) >= 11 is 6.00. The summed E-state index contributed by atoms with van der Waals surface area (Å²) in [4.78, 5) is 27.7. The molecule has 1 saturated carbocycles. The number of benzene rings is 1. The van der Waals surface area contributed by atoms with E-state index in [9.17, 15) is 18.0 Å². The van der Waals surface area contributed by atoms with Gasteiger partial charge in [0.2, 0.25) is 0 Å². The van der Waals surface area contributed by atoms with Crippen molar-refractivity contribution in [1.29, 1.82) is 0 Å². The van der Waals surface area contributed by atoms with Crippen LogP contribution in [-0.2, 0) is 29.6 Å². The number of hydrogen-bond acceptors (Lipinski definition) is 5. The number of nitrogens with zero attached hydrogens (tertiary/aromatic N) is 1. The Labute approximate surface area is 183 Å². The first-order chi connectivity index (χ1) is 14.2. The molecule has 0 N–H and O–H groups in total. The minimum absolute atomic E-state index is 0.0221. The summed E-state index contributed by atoms with van der Waals surface area (Å²) in [7, 11) is -3.12. The normalized spacial score (nSPS) is 23.1. The molecular formula is C22H30ClNO5S. The Hall–Kier alpha value is -1.60. The molecule has 0 bridgehead atoms. The zero-order chi connectivity index (χ0) is 21.9. The molecule has 0 radical (unpaired) electrons. The lowest BCUT2D eigenvalue weighted by atomic mass is 9.79. The SMILES string of the molecule is CC[C@@H](C)N(C(=O)COC(=O)C1(c2ccc(Cl)cc2)CCCC1)[C@@H]1CCS(=O)(=O)C1. The van der Waals surface area contributed by atoms with Gasteiger partial charge in [-0.25, -0.2) is 8.42 Å². The lowest BCUT2D eigenvalue weighted by Crippen LogP contribution is -2.48. The molecule has 2 aliphatic rings. The summed E-state index contributed by atoms with van der Waals surface area (Å²) in [6.07, 6.45) is 4.33. The van der Waals surface area contributed by atoms with Gasteiger partial charge in [-0.3, -0.25) is 9.59 Å². The van der Waals surface area contributed by atoms with Crippen molar-refractivity contribution >= 4 is 33.3 Å². The molecule has 1 aromatic rings. The number of rotatable bonds is 7. The Balaban J connectivity index is 1.72. The second-order valence-electron chi connectivity index (χ2n) is 8.49. The molecule has 1 aliphatic carbocycles. The molecule has 0 unspecified atom stereocenters. The highest BCUT2D eigenvalue weighted by Gasteiger charge is 2.45. The van der Waals surface area contributed by atoms with Crippen molar-refractivity contribution < 1.29 is 22.7 Å². The Kier molecular flexibility index (Phi) is 7.13. The number of amides is 1. The summed E-state index contributed by atoms with van der Waals surface area (Å²) in [5.74, 6) is -0.647. The summed E-state index contributed by atoms with van der Waals surface area (Å²) in [5, 5.41) is 0.603. The van der Waals surface area contributed by atoms with E-state index in [1.807, 2.05) is 26.0 Å². The molecule has 1 heterocycles. The van der Waals surface area contributed by atoms with Crippen LogP contribution in [0.4, 0.5) is 0 Å². The molecule has 8 heteroatoms. The second-order valence-corrected chi connectivity index (χ2v) is 11.2. The van der Waals surface area contributed by atoms with E-state index in [2.05, 4.69) is 0 Å². The van der Waals surface area contributed by atoms with E-state index in [0.29, 0.717) is 30.7 Å². The summed E-state index contributed by atoms with van der Waals surface area (Å²) in [6, 6.07) is 6.76. The highest BCUT2D eigenvalue weighted by Crippen LogP contribution is 2.42. The maximum absolute atomic E-state index is 13.1. The maximum atomic E-state index is 13.1. The van der Waals surface area contributed by atoms with Crippen LogP contribution in [-0.4, -0.2) is 55.4 Å². The van der Waals surface area contributed by atoms with Crippen molar-refractivity contribution in [2.24, 2.45) is 0 Å². The van der Waals surface area contributed by atoms with Crippen LogP contribution in [0, 0.1) is 0 Å². The van der Waals surface area contributed by atoms with Crippen LogP contribution in [0.25, 0.3) is 0 Å². The maximum Gasteiger partial charge on any atom is 0.317 e. The number of esters is 1. The van der Waals surface area contributed by atoms with Gasteiger partial charge in [-0.1, -0.05) is 43.5 Å². The number of hydrogen-bond donors (Lipinski definition) is 0. The first kappa shape index (κ1) is 23.1. The van der Waals surface area contributed by atoms with Crippen LogP contribution in [0.1, 0.15) is 57.9 Å². The zero-order valence-corrected chi connectivity index (χ0v) is 19.2. The van der Waals surface area contributed by atoms with E-state index in [4.69, 9.17) is 16.3 Å². The van der Waals surface area contributed by atoms with Crippen LogP contribution in [0.5, 0.6) is 0 Å². The minimum atomic E-state index is -3.12. The van der Waals surface area contributed by atoms with Gasteiger partial charge in [0.1, 0.15) is 0 Å². The number of carbonyl (C=O) groups is 2. The zero-order valence-electron chi connectivity index (χ0n) is 17.6. The first-order valence-electron chi connectivity index (χ1n) is 10.6. The Morgan fingerprint density at radius 2 is 1.87 bits per heavy atom. The number of ether oxygens (including phenoxy) is 1. The van der Waals surface area contributed by atoms with E-state index in [-0.39, 0.29) is 42.1 Å². The van der Waals surface area contributed by atoms with Gasteiger partial charge in [-0.05, 0) is 50.3 Å². The minimum Gasteiger partial charge on any atom is -0.455 e. The van der Waals surface area contributed by atoms with E-state index >= 15 is 0 Å². The van der Waals surface area contributed by atoms with Crippen molar-refractivity contribution in [2.45, 2.75) is 69.9 Å². The molecule has 30 heavy (non-hydrogen) atoms. The third kappa shape index (κ3) is 4.83. The highest BCUT2D eigenvalue weighted by molar-refractivity contribution is 7.91. The molecule has 3 rings (SSSR count). The van der Waals surface area contributed by atoms with Gasteiger partial charge in [0.15, 0.2) is 16.4 Å². The molecule has 1 aliphatic heterocycles. The van der Waals surface area contributed by atoms with Crippen LogP contribution in [0.2, 0.25) is 5.02 Å². The van der Waals surface area contributed by atoms with Crippen LogP contribution < -0.4 is 0 Å². The van der Waals surface area contributed by atoms with Crippen LogP contribution in [0.15, 0.2) is 24.3 Å². The van der Waals surface area contributed by atoms with Gasteiger partial charge in [0.25, 0.3) is 5.91 Å². The van der Waals surface area contributed by atoms with Gasteiger partial charge in [0, 0.05) is 17.1 Å². The van der Waals surface area contributed by atoms with Crippen molar-refractivity contribution in [3.63, 3.8) is 0 Å². The Morgan fingerprint density at radius 1 is 1.23 bits per heavy atom. The van der Waals surface area contributed by atoms with E-state index in [0.717, 1.165) is 18.4 Å². The van der Waals surface area contributed by atoms with Crippen LogP contribution >= 0.6 is 11.6 Å². The average molecular weight is 456 g/mol. The molecule has 2 fully saturated rings. The fourth-order valence-corrected chi connectivity index (χ4v) is 6.54. The van der Waals surface area contributed by atoms with E-state index in [1.54, 1.807) is 17.0 Å². The summed E-state index contributed by atoms with van der Waals surface area (Å²) in [6.45, 7) is 3.49. The highest BCUT2D eigenvalue weighted by atomic mass is 35.5. The topological polar surface area (TPSA) is 80.8 Å². The molecule has 1 aromatic carbocycles. The first-order valence-corrected chi connectivity index (χ1v) is 12.8. The molecule has 166 valence electrons. The van der Waals surface area contributed by atoms with Gasteiger partial charge in [-0.15, -0.1) is 0 Å². The number of carbonyl (C=O) groups excluding carboxylic acids is 2. The molecule has 1 saturated heterocycles. The fourth-order valence-electron chi connectivity index (χ4n) is 4.70. The van der Waals surface area contributed by atoms with Gasteiger partial charge < -0.3 is 9.64 Å². The van der Waals surface area contributed by atoms with Gasteiger partial charge >= 0.3 is 5.97 Å². The smallest absolute Gasteiger partial charge is 0.317 e. The van der Waals surface area contributed by atoms with Crippen LogP contribution in [0.3, 0.4) is 0 Å². The second kappa shape index (κ2) is 9.27. The fraction of sp³-hybridized carbons (Fsp3) is 0.636. The number of halogens is 1. The largest absolute Gasteiger partial charge is 0.455 e. The third-order valence-corrected chi connectivity index (χ3v) is 8.53. The van der Waals surface area contributed by atoms with Gasteiger partial charge in [0.05, 0.1) is 16.9 Å². The van der Waals surface area contributed by atoms with Gasteiger partial charge in [-0.2, -0.15) is 0 Å². The predicted octanol–water partition coefficient (Wildman–Crippen LogP) is 3.51. The lowest BCUT2D eigenvalue weighted by molar-refractivity contribution is -0.158. The molecule has 6 nitrogen and oxygen atoms in total. The number of sulfone groups is 1. The Bertz CT molecular complexity index is 877. The molecule has 2 atom stereocenters. The molecule has 0 spiro atoms. The van der Waals surface area contributed by atoms with E-state index in [1.165, 1.54) is 0 Å². The Morgan fingerprint density at radius 3 is 2.40 bits per heavy atom. The van der Waals surface area contributed by atoms with Crippen molar-refractivity contribution in [2.75, 3.05) is 18.1 Å².